The van der Waals surface area contributed by atoms with Crippen molar-refractivity contribution in [2.75, 3.05) is 32.7 Å². The third-order valence-corrected chi connectivity index (χ3v) is 4.66. The number of hydrogen-bond donors (Lipinski definition) is 3. The van der Waals surface area contributed by atoms with E-state index in [1.54, 1.807) is 6.92 Å². The maximum absolute atomic E-state index is 11.7. The van der Waals surface area contributed by atoms with Crippen molar-refractivity contribution < 1.29 is 9.90 Å². The fourth-order valence-electron chi connectivity index (χ4n) is 2.32. The second kappa shape index (κ2) is 8.59. The van der Waals surface area contributed by atoms with Crippen LogP contribution in [-0.2, 0) is 0 Å². The number of carbonyl (C=O) groups excluding carboxylic acids is 1. The van der Waals surface area contributed by atoms with Crippen molar-refractivity contribution in [1.29, 1.82) is 0 Å². The third-order valence-electron chi connectivity index (χ3n) is 4.66. The van der Waals surface area contributed by atoms with E-state index in [4.69, 9.17) is 0 Å². The molecule has 0 aliphatic carbocycles. The van der Waals surface area contributed by atoms with Crippen molar-refractivity contribution in [2.45, 2.75) is 52.6 Å². The van der Waals surface area contributed by atoms with Gasteiger partial charge in [0, 0.05) is 13.1 Å². The molecule has 1 unspecified atom stereocenters. The molecule has 21 heavy (non-hydrogen) atoms. The minimum Gasteiger partial charge on any atom is -0.388 e. The molecular formula is C16H33N3O2. The number of likely N-dealkylation sites (tertiary alicyclic amines) is 1. The van der Waals surface area contributed by atoms with Crippen molar-refractivity contribution >= 4 is 6.03 Å². The average Bonchev–Trinajstić information content (AvgIpc) is 2.43. The van der Waals surface area contributed by atoms with E-state index in [0.29, 0.717) is 6.54 Å². The fourth-order valence-corrected chi connectivity index (χ4v) is 2.32. The molecule has 5 heteroatoms. The Morgan fingerprint density at radius 3 is 2.52 bits per heavy atom. The van der Waals surface area contributed by atoms with Gasteiger partial charge in [0.25, 0.3) is 0 Å². The van der Waals surface area contributed by atoms with Gasteiger partial charge in [-0.1, -0.05) is 20.8 Å². The van der Waals surface area contributed by atoms with Gasteiger partial charge in [-0.3, -0.25) is 0 Å². The Hall–Kier alpha value is -0.810. The third kappa shape index (κ3) is 7.14. The molecule has 5 nitrogen and oxygen atoms in total. The Kier molecular flexibility index (Phi) is 7.46. The molecule has 1 rings (SSSR count). The van der Waals surface area contributed by atoms with Crippen LogP contribution < -0.4 is 10.6 Å². The quantitative estimate of drug-likeness (QED) is 0.628. The highest BCUT2D eigenvalue weighted by Gasteiger charge is 2.25. The molecule has 124 valence electrons. The van der Waals surface area contributed by atoms with Crippen LogP contribution in [0.4, 0.5) is 4.79 Å². The number of hydrogen-bond acceptors (Lipinski definition) is 3. The summed E-state index contributed by atoms with van der Waals surface area (Å²) >= 11 is 0. The number of urea groups is 1. The van der Waals surface area contributed by atoms with Crippen LogP contribution in [0.2, 0.25) is 0 Å². The van der Waals surface area contributed by atoms with E-state index in [2.05, 4.69) is 22.5 Å². The minimum atomic E-state index is -0.859. The summed E-state index contributed by atoms with van der Waals surface area (Å²) < 4.78 is 0. The Bertz CT molecular complexity index is 311. The molecule has 1 aliphatic heterocycles. The SMILES string of the molecule is CC1CCN(CCCNC(=O)NCC(C)(O)C(C)C)CC1. The number of aliphatic hydroxyl groups is 1. The largest absolute Gasteiger partial charge is 0.388 e. The normalized spacial score (nSPS) is 20.3. The molecule has 1 aliphatic rings. The van der Waals surface area contributed by atoms with E-state index >= 15 is 0 Å². The van der Waals surface area contributed by atoms with Crippen molar-refractivity contribution in [1.82, 2.24) is 15.5 Å². The van der Waals surface area contributed by atoms with Crippen molar-refractivity contribution in [3.63, 3.8) is 0 Å². The van der Waals surface area contributed by atoms with Gasteiger partial charge in [0.15, 0.2) is 0 Å². The summed E-state index contributed by atoms with van der Waals surface area (Å²) in [6.45, 7) is 12.3. The smallest absolute Gasteiger partial charge is 0.314 e. The zero-order valence-electron chi connectivity index (χ0n) is 14.1. The lowest BCUT2D eigenvalue weighted by molar-refractivity contribution is 0.0166. The predicted molar refractivity (Wildman–Crippen MR) is 86.3 cm³/mol. The van der Waals surface area contributed by atoms with Crippen molar-refractivity contribution in [2.24, 2.45) is 11.8 Å². The fraction of sp³-hybridized carbons (Fsp3) is 0.938. The average molecular weight is 299 g/mol. The number of piperidine rings is 1. The summed E-state index contributed by atoms with van der Waals surface area (Å²) in [5.74, 6) is 0.971. The Morgan fingerprint density at radius 1 is 1.33 bits per heavy atom. The van der Waals surface area contributed by atoms with Crippen LogP contribution in [0, 0.1) is 11.8 Å². The first-order valence-corrected chi connectivity index (χ1v) is 8.27. The van der Waals surface area contributed by atoms with Gasteiger partial charge in [0.05, 0.1) is 5.60 Å². The standard InChI is InChI=1S/C16H33N3O2/c1-13(2)16(4,21)12-18-15(20)17-8-5-9-19-10-6-14(3)7-11-19/h13-14,21H,5-12H2,1-4H3,(H2,17,18,20). The molecule has 0 aromatic heterocycles. The van der Waals surface area contributed by atoms with Crippen LogP contribution in [0.1, 0.15) is 47.0 Å². The molecule has 1 saturated heterocycles. The molecule has 0 aromatic rings. The molecule has 2 amide bonds. The number of nitrogens with zero attached hydrogens (tertiary/aromatic N) is 1. The van der Waals surface area contributed by atoms with Crippen LogP contribution in [0.3, 0.4) is 0 Å². The lowest BCUT2D eigenvalue weighted by Gasteiger charge is -2.30. The summed E-state index contributed by atoms with van der Waals surface area (Å²) in [5.41, 5.74) is -0.859. The molecule has 0 radical (unpaired) electrons. The van der Waals surface area contributed by atoms with Crippen LogP contribution in [0.5, 0.6) is 0 Å². The highest BCUT2D eigenvalue weighted by Crippen LogP contribution is 2.16. The first-order chi connectivity index (χ1) is 9.81. The van der Waals surface area contributed by atoms with E-state index in [9.17, 15) is 9.90 Å². The monoisotopic (exact) mass is 299 g/mol. The highest BCUT2D eigenvalue weighted by molar-refractivity contribution is 5.73. The maximum atomic E-state index is 11.7. The number of nitrogens with one attached hydrogen (secondary N) is 2. The summed E-state index contributed by atoms with van der Waals surface area (Å²) in [7, 11) is 0. The van der Waals surface area contributed by atoms with E-state index in [1.165, 1.54) is 25.9 Å². The minimum absolute atomic E-state index is 0.110. The van der Waals surface area contributed by atoms with Gasteiger partial charge < -0.3 is 20.6 Å². The molecule has 1 fully saturated rings. The van der Waals surface area contributed by atoms with Crippen molar-refractivity contribution in [3.05, 3.63) is 0 Å². The van der Waals surface area contributed by atoms with Gasteiger partial charge in [0.1, 0.15) is 0 Å². The summed E-state index contributed by atoms with van der Waals surface area (Å²) in [4.78, 5) is 14.1. The first-order valence-electron chi connectivity index (χ1n) is 8.27. The van der Waals surface area contributed by atoms with E-state index in [1.807, 2.05) is 13.8 Å². The highest BCUT2D eigenvalue weighted by atomic mass is 16.3. The second-order valence-corrected chi connectivity index (χ2v) is 7.00. The molecule has 1 atom stereocenters. The number of carbonyl (C=O) groups is 1. The Morgan fingerprint density at radius 2 is 1.95 bits per heavy atom. The number of rotatable bonds is 7. The molecule has 0 saturated carbocycles. The molecule has 0 bridgehead atoms. The van der Waals surface area contributed by atoms with Crippen LogP contribution in [-0.4, -0.2) is 54.4 Å². The van der Waals surface area contributed by atoms with Crippen LogP contribution in [0.25, 0.3) is 0 Å². The molecule has 1 heterocycles. The van der Waals surface area contributed by atoms with Gasteiger partial charge in [-0.15, -0.1) is 0 Å². The predicted octanol–water partition coefficient (Wildman–Crippen LogP) is 1.81. The van der Waals surface area contributed by atoms with Gasteiger partial charge in [-0.05, 0) is 57.7 Å². The summed E-state index contributed by atoms with van der Waals surface area (Å²) in [6.07, 6.45) is 3.55. The topological polar surface area (TPSA) is 64.6 Å². The number of amides is 2. The van der Waals surface area contributed by atoms with Crippen molar-refractivity contribution in [3.8, 4) is 0 Å². The van der Waals surface area contributed by atoms with Gasteiger partial charge >= 0.3 is 6.03 Å². The van der Waals surface area contributed by atoms with Crippen LogP contribution >= 0.6 is 0 Å². The Labute approximate surface area is 129 Å². The van der Waals surface area contributed by atoms with Gasteiger partial charge in [0.2, 0.25) is 0 Å². The van der Waals surface area contributed by atoms with Gasteiger partial charge in [-0.2, -0.15) is 0 Å². The lowest BCUT2D eigenvalue weighted by atomic mass is 9.93. The zero-order chi connectivity index (χ0) is 15.9. The molecule has 0 aromatic carbocycles. The zero-order valence-corrected chi connectivity index (χ0v) is 14.1. The molecule has 0 spiro atoms. The van der Waals surface area contributed by atoms with Gasteiger partial charge in [-0.25, -0.2) is 4.79 Å². The maximum Gasteiger partial charge on any atom is 0.314 e. The van der Waals surface area contributed by atoms with E-state index in [0.717, 1.165) is 18.9 Å². The van der Waals surface area contributed by atoms with E-state index < -0.39 is 5.60 Å². The lowest BCUT2D eigenvalue weighted by Crippen LogP contribution is -2.47. The molecular weight excluding hydrogens is 266 g/mol. The Balaban J connectivity index is 2.06. The van der Waals surface area contributed by atoms with E-state index in [-0.39, 0.29) is 18.5 Å². The molecule has 3 N–H and O–H groups in total. The first kappa shape index (κ1) is 18.2. The summed E-state index contributed by atoms with van der Waals surface area (Å²) in [6, 6.07) is -0.191. The second-order valence-electron chi connectivity index (χ2n) is 7.00. The van der Waals surface area contributed by atoms with Crippen LogP contribution in [0.15, 0.2) is 0 Å². The summed E-state index contributed by atoms with van der Waals surface area (Å²) in [5, 5.41) is 15.6.